The van der Waals surface area contributed by atoms with Gasteiger partial charge in [0, 0.05) is 24.2 Å². The Kier molecular flexibility index (Phi) is 4.50. The minimum Gasteiger partial charge on any atom is -0.349 e. The molecule has 2 aromatic rings. The van der Waals surface area contributed by atoms with Crippen molar-refractivity contribution >= 4 is 34.8 Å². The largest absolute Gasteiger partial charge is 0.349 e. The zero-order valence-corrected chi connectivity index (χ0v) is 13.4. The van der Waals surface area contributed by atoms with Gasteiger partial charge in [-0.1, -0.05) is 0 Å². The van der Waals surface area contributed by atoms with Gasteiger partial charge >= 0.3 is 0 Å². The minimum atomic E-state index is 0.230. The number of piperidine rings is 1. The SMILES string of the molecule is Cc1ncc(CNc2nc(Cl)nc(N3CCCCC3)n2)s1. The van der Waals surface area contributed by atoms with Gasteiger partial charge in [-0.3, -0.25) is 0 Å². The molecule has 1 aliphatic heterocycles. The highest BCUT2D eigenvalue weighted by Crippen LogP contribution is 2.19. The van der Waals surface area contributed by atoms with Crippen molar-refractivity contribution in [3.8, 4) is 0 Å². The normalized spacial score (nSPS) is 15.2. The Labute approximate surface area is 132 Å². The van der Waals surface area contributed by atoms with Crippen LogP contribution in [0.25, 0.3) is 0 Å². The fourth-order valence-electron chi connectivity index (χ4n) is 2.31. The summed E-state index contributed by atoms with van der Waals surface area (Å²) in [4.78, 5) is 20.4. The first-order valence-electron chi connectivity index (χ1n) is 7.02. The van der Waals surface area contributed by atoms with Gasteiger partial charge in [0.25, 0.3) is 0 Å². The highest BCUT2D eigenvalue weighted by Gasteiger charge is 2.15. The van der Waals surface area contributed by atoms with Crippen molar-refractivity contribution in [2.75, 3.05) is 23.3 Å². The van der Waals surface area contributed by atoms with E-state index < -0.39 is 0 Å². The molecule has 0 radical (unpaired) electrons. The Bertz CT molecular complexity index is 610. The molecule has 0 aliphatic carbocycles. The molecular formula is C13H17ClN6S. The number of nitrogens with one attached hydrogen (secondary N) is 1. The molecule has 3 rings (SSSR count). The molecule has 2 aromatic heterocycles. The van der Waals surface area contributed by atoms with Crippen molar-refractivity contribution in [3.05, 3.63) is 21.4 Å². The third kappa shape index (κ3) is 3.79. The van der Waals surface area contributed by atoms with Crippen molar-refractivity contribution in [1.29, 1.82) is 0 Å². The Hall–Kier alpha value is -1.47. The zero-order valence-electron chi connectivity index (χ0n) is 11.8. The lowest BCUT2D eigenvalue weighted by Crippen LogP contribution is -2.31. The summed E-state index contributed by atoms with van der Waals surface area (Å²) in [5, 5.41) is 4.47. The van der Waals surface area contributed by atoms with E-state index in [4.69, 9.17) is 11.6 Å². The number of halogens is 1. The summed E-state index contributed by atoms with van der Waals surface area (Å²) in [6.07, 6.45) is 5.48. The number of hydrogen-bond donors (Lipinski definition) is 1. The number of rotatable bonds is 4. The van der Waals surface area contributed by atoms with Gasteiger partial charge in [-0.15, -0.1) is 11.3 Å². The van der Waals surface area contributed by atoms with Gasteiger partial charge in [-0.2, -0.15) is 15.0 Å². The van der Waals surface area contributed by atoms with Gasteiger partial charge in [-0.25, -0.2) is 4.98 Å². The van der Waals surface area contributed by atoms with E-state index in [1.54, 1.807) is 11.3 Å². The Morgan fingerprint density at radius 3 is 2.76 bits per heavy atom. The molecule has 0 spiro atoms. The molecule has 1 fully saturated rings. The highest BCUT2D eigenvalue weighted by molar-refractivity contribution is 7.11. The summed E-state index contributed by atoms with van der Waals surface area (Å²) >= 11 is 7.67. The van der Waals surface area contributed by atoms with Gasteiger partial charge in [0.2, 0.25) is 17.2 Å². The van der Waals surface area contributed by atoms with Gasteiger partial charge in [-0.05, 0) is 37.8 Å². The highest BCUT2D eigenvalue weighted by atomic mass is 35.5. The van der Waals surface area contributed by atoms with E-state index in [9.17, 15) is 0 Å². The maximum atomic E-state index is 6.02. The first-order chi connectivity index (χ1) is 10.2. The van der Waals surface area contributed by atoms with Crippen LogP contribution in [0.5, 0.6) is 0 Å². The van der Waals surface area contributed by atoms with Crippen LogP contribution in [0.2, 0.25) is 5.28 Å². The average molecular weight is 325 g/mol. The maximum absolute atomic E-state index is 6.02. The van der Waals surface area contributed by atoms with Gasteiger partial charge in [0.1, 0.15) is 0 Å². The molecule has 0 aromatic carbocycles. The second-order valence-corrected chi connectivity index (χ2v) is 6.63. The second kappa shape index (κ2) is 6.53. The van der Waals surface area contributed by atoms with E-state index >= 15 is 0 Å². The molecule has 0 unspecified atom stereocenters. The van der Waals surface area contributed by atoms with Gasteiger partial charge < -0.3 is 10.2 Å². The number of aromatic nitrogens is 4. The quantitative estimate of drug-likeness (QED) is 0.932. The lowest BCUT2D eigenvalue weighted by atomic mass is 10.1. The molecule has 0 atom stereocenters. The Morgan fingerprint density at radius 1 is 1.24 bits per heavy atom. The van der Waals surface area contributed by atoms with E-state index in [-0.39, 0.29) is 5.28 Å². The number of anilines is 2. The molecular weight excluding hydrogens is 308 g/mol. The number of aryl methyl sites for hydroxylation is 1. The van der Waals surface area contributed by atoms with E-state index in [0.29, 0.717) is 18.4 Å². The zero-order chi connectivity index (χ0) is 14.7. The summed E-state index contributed by atoms with van der Waals surface area (Å²) < 4.78 is 0. The smallest absolute Gasteiger partial charge is 0.231 e. The topological polar surface area (TPSA) is 66.8 Å². The van der Waals surface area contributed by atoms with Crippen molar-refractivity contribution in [1.82, 2.24) is 19.9 Å². The van der Waals surface area contributed by atoms with Crippen molar-refractivity contribution in [2.45, 2.75) is 32.7 Å². The molecule has 1 aliphatic rings. The van der Waals surface area contributed by atoms with E-state index in [0.717, 1.165) is 23.0 Å². The summed E-state index contributed by atoms with van der Waals surface area (Å²) in [6, 6.07) is 0. The van der Waals surface area contributed by atoms with Crippen molar-refractivity contribution in [3.63, 3.8) is 0 Å². The summed E-state index contributed by atoms with van der Waals surface area (Å²) in [5.74, 6) is 1.18. The molecule has 1 saturated heterocycles. The summed E-state index contributed by atoms with van der Waals surface area (Å²) in [6.45, 7) is 4.59. The molecule has 0 bridgehead atoms. The van der Waals surface area contributed by atoms with Crippen LogP contribution in [0.1, 0.15) is 29.1 Å². The molecule has 0 saturated carbocycles. The molecule has 21 heavy (non-hydrogen) atoms. The monoisotopic (exact) mass is 324 g/mol. The summed E-state index contributed by atoms with van der Waals surface area (Å²) in [7, 11) is 0. The van der Waals surface area contributed by atoms with Crippen LogP contribution in [0.3, 0.4) is 0 Å². The lowest BCUT2D eigenvalue weighted by Gasteiger charge is -2.26. The maximum Gasteiger partial charge on any atom is 0.231 e. The fourth-order valence-corrected chi connectivity index (χ4v) is 3.20. The Balaban J connectivity index is 1.71. The van der Waals surface area contributed by atoms with Gasteiger partial charge in [0.15, 0.2) is 0 Å². The number of hydrogen-bond acceptors (Lipinski definition) is 7. The van der Waals surface area contributed by atoms with Crippen LogP contribution >= 0.6 is 22.9 Å². The molecule has 112 valence electrons. The molecule has 1 N–H and O–H groups in total. The minimum absolute atomic E-state index is 0.230. The molecule has 8 heteroatoms. The standard InChI is InChI=1S/C13H17ClN6S/c1-9-15-7-10(21-9)8-16-12-17-11(14)18-13(19-12)20-5-3-2-4-6-20/h7H,2-6,8H2,1H3,(H,16,17,18,19). The van der Waals surface area contributed by atoms with E-state index in [1.807, 2.05) is 13.1 Å². The number of nitrogens with zero attached hydrogens (tertiary/aromatic N) is 5. The Morgan fingerprint density at radius 2 is 2.05 bits per heavy atom. The second-order valence-electron chi connectivity index (χ2n) is 4.97. The fraction of sp³-hybridized carbons (Fsp3) is 0.538. The van der Waals surface area contributed by atoms with E-state index in [1.165, 1.54) is 19.3 Å². The van der Waals surface area contributed by atoms with Crippen LogP contribution in [0, 0.1) is 6.92 Å². The molecule has 0 amide bonds. The third-order valence-corrected chi connectivity index (χ3v) is 4.41. The third-order valence-electron chi connectivity index (χ3n) is 3.33. The lowest BCUT2D eigenvalue weighted by molar-refractivity contribution is 0.567. The number of thiazole rings is 1. The van der Waals surface area contributed by atoms with Gasteiger partial charge in [0.05, 0.1) is 11.6 Å². The summed E-state index contributed by atoms with van der Waals surface area (Å²) in [5.41, 5.74) is 0. The van der Waals surface area contributed by atoms with Crippen molar-refractivity contribution in [2.24, 2.45) is 0 Å². The predicted octanol–water partition coefficient (Wildman–Crippen LogP) is 2.89. The van der Waals surface area contributed by atoms with Crippen LogP contribution in [0.4, 0.5) is 11.9 Å². The van der Waals surface area contributed by atoms with E-state index in [2.05, 4.69) is 30.2 Å². The first-order valence-corrected chi connectivity index (χ1v) is 8.22. The predicted molar refractivity (Wildman–Crippen MR) is 85.1 cm³/mol. The van der Waals surface area contributed by atoms with Crippen LogP contribution in [-0.4, -0.2) is 33.0 Å². The average Bonchev–Trinajstić information content (AvgIpc) is 2.91. The van der Waals surface area contributed by atoms with Crippen LogP contribution in [0.15, 0.2) is 6.20 Å². The van der Waals surface area contributed by atoms with Crippen LogP contribution in [-0.2, 0) is 6.54 Å². The first kappa shape index (κ1) is 14.5. The molecule has 6 nitrogen and oxygen atoms in total. The molecule has 3 heterocycles. The van der Waals surface area contributed by atoms with Crippen LogP contribution < -0.4 is 10.2 Å². The van der Waals surface area contributed by atoms with Crippen molar-refractivity contribution < 1.29 is 0 Å².